The number of ether oxygens (including phenoxy) is 1. The van der Waals surface area contributed by atoms with Crippen LogP contribution in [0.2, 0.25) is 5.02 Å². The van der Waals surface area contributed by atoms with Gasteiger partial charge < -0.3 is 9.64 Å². The number of hydrogen-bond donors (Lipinski definition) is 0. The SMILES string of the molecule is COC(=O)C(c1ccc(Cl)cc1)N1CCN(C(=O)C2CC2C)CC1. The van der Waals surface area contributed by atoms with Gasteiger partial charge >= 0.3 is 5.97 Å². The number of esters is 1. The quantitative estimate of drug-likeness (QED) is 0.782. The van der Waals surface area contributed by atoms with E-state index in [-0.39, 0.29) is 17.8 Å². The molecular weight excluding hydrogens is 328 g/mol. The first-order chi connectivity index (χ1) is 11.5. The summed E-state index contributed by atoms with van der Waals surface area (Å²) in [5.74, 6) is 0.716. The van der Waals surface area contributed by atoms with Crippen LogP contribution in [-0.4, -0.2) is 55.0 Å². The molecule has 0 bridgehead atoms. The Balaban J connectivity index is 1.68. The minimum atomic E-state index is -0.454. The van der Waals surface area contributed by atoms with E-state index in [4.69, 9.17) is 16.3 Å². The summed E-state index contributed by atoms with van der Waals surface area (Å²) >= 11 is 5.94. The zero-order valence-electron chi connectivity index (χ0n) is 14.1. The molecule has 3 rings (SSSR count). The van der Waals surface area contributed by atoms with E-state index in [9.17, 15) is 9.59 Å². The molecule has 1 saturated heterocycles. The molecule has 1 aromatic carbocycles. The molecule has 0 spiro atoms. The van der Waals surface area contributed by atoms with E-state index >= 15 is 0 Å². The molecular formula is C18H23ClN2O3. The Morgan fingerprint density at radius 3 is 2.25 bits per heavy atom. The zero-order valence-corrected chi connectivity index (χ0v) is 14.8. The van der Waals surface area contributed by atoms with E-state index in [1.165, 1.54) is 7.11 Å². The van der Waals surface area contributed by atoms with Gasteiger partial charge in [0.15, 0.2) is 0 Å². The van der Waals surface area contributed by atoms with Gasteiger partial charge in [-0.15, -0.1) is 0 Å². The molecule has 1 saturated carbocycles. The normalized spacial score (nSPS) is 25.2. The van der Waals surface area contributed by atoms with Gasteiger partial charge in [-0.2, -0.15) is 0 Å². The van der Waals surface area contributed by atoms with Crippen LogP contribution in [0, 0.1) is 11.8 Å². The molecule has 0 aromatic heterocycles. The summed E-state index contributed by atoms with van der Waals surface area (Å²) in [6, 6.07) is 6.81. The molecule has 1 heterocycles. The molecule has 130 valence electrons. The fourth-order valence-corrected chi connectivity index (χ4v) is 3.48. The van der Waals surface area contributed by atoms with Gasteiger partial charge in [0.1, 0.15) is 6.04 Å². The van der Waals surface area contributed by atoms with Gasteiger partial charge in [0.2, 0.25) is 5.91 Å². The van der Waals surface area contributed by atoms with E-state index in [1.54, 1.807) is 12.1 Å². The first-order valence-electron chi connectivity index (χ1n) is 8.37. The molecule has 5 nitrogen and oxygen atoms in total. The molecule has 3 unspecified atom stereocenters. The van der Waals surface area contributed by atoms with Gasteiger partial charge in [-0.05, 0) is 30.0 Å². The van der Waals surface area contributed by atoms with E-state index in [1.807, 2.05) is 17.0 Å². The molecule has 1 aliphatic carbocycles. The predicted octanol–water partition coefficient (Wildman–Crippen LogP) is 2.35. The molecule has 0 N–H and O–H groups in total. The fourth-order valence-electron chi connectivity index (χ4n) is 3.35. The summed E-state index contributed by atoms with van der Waals surface area (Å²) in [6.07, 6.45) is 1.01. The Morgan fingerprint density at radius 2 is 1.75 bits per heavy atom. The highest BCUT2D eigenvalue weighted by molar-refractivity contribution is 6.30. The number of carbonyl (C=O) groups excluding carboxylic acids is 2. The Bertz CT molecular complexity index is 611. The van der Waals surface area contributed by atoms with Crippen molar-refractivity contribution >= 4 is 23.5 Å². The van der Waals surface area contributed by atoms with E-state index in [0.29, 0.717) is 37.1 Å². The first-order valence-corrected chi connectivity index (χ1v) is 8.75. The number of piperazine rings is 1. The number of methoxy groups -OCH3 is 1. The largest absolute Gasteiger partial charge is 0.468 e. The highest BCUT2D eigenvalue weighted by atomic mass is 35.5. The fraction of sp³-hybridized carbons (Fsp3) is 0.556. The second kappa shape index (κ2) is 7.11. The smallest absolute Gasteiger partial charge is 0.327 e. The average molecular weight is 351 g/mol. The molecule has 24 heavy (non-hydrogen) atoms. The van der Waals surface area contributed by atoms with Crippen molar-refractivity contribution in [1.82, 2.24) is 9.80 Å². The molecule has 3 atom stereocenters. The number of rotatable bonds is 4. The van der Waals surface area contributed by atoms with Crippen LogP contribution in [0.15, 0.2) is 24.3 Å². The molecule has 6 heteroatoms. The lowest BCUT2D eigenvalue weighted by Gasteiger charge is -2.38. The van der Waals surface area contributed by atoms with Crippen molar-refractivity contribution in [2.45, 2.75) is 19.4 Å². The lowest BCUT2D eigenvalue weighted by atomic mass is 10.0. The van der Waals surface area contributed by atoms with Gasteiger partial charge in [0.25, 0.3) is 0 Å². The Labute approximate surface area is 147 Å². The van der Waals surface area contributed by atoms with E-state index in [0.717, 1.165) is 12.0 Å². The van der Waals surface area contributed by atoms with E-state index in [2.05, 4.69) is 11.8 Å². The number of carbonyl (C=O) groups is 2. The molecule has 2 aliphatic rings. The summed E-state index contributed by atoms with van der Waals surface area (Å²) < 4.78 is 4.99. The van der Waals surface area contributed by atoms with Crippen molar-refractivity contribution in [2.24, 2.45) is 11.8 Å². The van der Waals surface area contributed by atoms with Crippen LogP contribution in [0.1, 0.15) is 24.9 Å². The Hall–Kier alpha value is -1.59. The van der Waals surface area contributed by atoms with Crippen molar-refractivity contribution in [2.75, 3.05) is 33.3 Å². The summed E-state index contributed by atoms with van der Waals surface area (Å²) in [7, 11) is 1.40. The summed E-state index contributed by atoms with van der Waals surface area (Å²) in [6.45, 7) is 4.75. The molecule has 1 aromatic rings. The minimum absolute atomic E-state index is 0.212. The van der Waals surface area contributed by atoms with Crippen molar-refractivity contribution in [3.05, 3.63) is 34.9 Å². The third kappa shape index (κ3) is 3.57. The van der Waals surface area contributed by atoms with Gasteiger partial charge in [-0.3, -0.25) is 9.69 Å². The summed E-state index contributed by atoms with van der Waals surface area (Å²) in [5.41, 5.74) is 0.863. The predicted molar refractivity (Wildman–Crippen MR) is 91.6 cm³/mol. The second-order valence-corrected chi connectivity index (χ2v) is 7.09. The Kier molecular flexibility index (Phi) is 5.11. The van der Waals surface area contributed by atoms with Gasteiger partial charge in [-0.1, -0.05) is 30.7 Å². The van der Waals surface area contributed by atoms with Crippen LogP contribution in [0.25, 0.3) is 0 Å². The molecule has 0 radical (unpaired) electrons. The van der Waals surface area contributed by atoms with E-state index < -0.39 is 6.04 Å². The van der Waals surface area contributed by atoms with Crippen LogP contribution in [-0.2, 0) is 14.3 Å². The number of halogens is 1. The lowest BCUT2D eigenvalue weighted by Crippen LogP contribution is -2.51. The highest BCUT2D eigenvalue weighted by Gasteiger charge is 2.42. The molecule has 1 amide bonds. The van der Waals surface area contributed by atoms with Crippen molar-refractivity contribution in [3.8, 4) is 0 Å². The van der Waals surface area contributed by atoms with Gasteiger partial charge in [-0.25, -0.2) is 4.79 Å². The molecule has 1 aliphatic heterocycles. The lowest BCUT2D eigenvalue weighted by molar-refractivity contribution is -0.148. The van der Waals surface area contributed by atoms with Crippen LogP contribution in [0.3, 0.4) is 0 Å². The zero-order chi connectivity index (χ0) is 17.3. The monoisotopic (exact) mass is 350 g/mol. The third-order valence-electron chi connectivity index (χ3n) is 5.03. The minimum Gasteiger partial charge on any atom is -0.468 e. The average Bonchev–Trinajstić information content (AvgIpc) is 3.33. The maximum atomic E-state index is 12.3. The number of amides is 1. The summed E-state index contributed by atoms with van der Waals surface area (Å²) in [5, 5.41) is 0.635. The number of nitrogens with zero attached hydrogens (tertiary/aromatic N) is 2. The topological polar surface area (TPSA) is 49.9 Å². The maximum absolute atomic E-state index is 12.3. The van der Waals surface area contributed by atoms with Crippen LogP contribution >= 0.6 is 11.6 Å². The second-order valence-electron chi connectivity index (χ2n) is 6.66. The van der Waals surface area contributed by atoms with Crippen LogP contribution in [0.4, 0.5) is 0 Å². The number of hydrogen-bond acceptors (Lipinski definition) is 4. The Morgan fingerprint density at radius 1 is 1.17 bits per heavy atom. The van der Waals surface area contributed by atoms with Crippen LogP contribution < -0.4 is 0 Å². The van der Waals surface area contributed by atoms with Crippen molar-refractivity contribution < 1.29 is 14.3 Å². The van der Waals surface area contributed by atoms with Crippen molar-refractivity contribution in [3.63, 3.8) is 0 Å². The molecule has 2 fully saturated rings. The van der Waals surface area contributed by atoms with Crippen LogP contribution in [0.5, 0.6) is 0 Å². The summed E-state index contributed by atoms with van der Waals surface area (Å²) in [4.78, 5) is 28.7. The standard InChI is InChI=1S/C18H23ClN2O3/c1-12-11-15(12)17(22)21-9-7-20(8-10-21)16(18(23)24-2)13-3-5-14(19)6-4-13/h3-6,12,15-16H,7-11H2,1-2H3. The van der Waals surface area contributed by atoms with Gasteiger partial charge in [0, 0.05) is 37.1 Å². The number of benzene rings is 1. The van der Waals surface area contributed by atoms with Crippen molar-refractivity contribution in [1.29, 1.82) is 0 Å². The van der Waals surface area contributed by atoms with Gasteiger partial charge in [0.05, 0.1) is 7.11 Å². The third-order valence-corrected chi connectivity index (χ3v) is 5.28. The highest BCUT2D eigenvalue weighted by Crippen LogP contribution is 2.39. The first kappa shape index (κ1) is 17.2. The maximum Gasteiger partial charge on any atom is 0.327 e.